The van der Waals surface area contributed by atoms with Gasteiger partial charge in [-0.3, -0.25) is 9.59 Å². The van der Waals surface area contributed by atoms with Crippen LogP contribution in [0.15, 0.2) is 48.6 Å². The van der Waals surface area contributed by atoms with Crippen LogP contribution in [-0.4, -0.2) is 61.4 Å². The van der Waals surface area contributed by atoms with Crippen LogP contribution in [0.2, 0.25) is 0 Å². The zero-order chi connectivity index (χ0) is 31.5. The van der Waals surface area contributed by atoms with Crippen molar-refractivity contribution < 1.29 is 24.2 Å². The molecule has 0 aromatic heterocycles. The van der Waals surface area contributed by atoms with Crippen molar-refractivity contribution in [3.63, 3.8) is 0 Å². The second-order valence-electron chi connectivity index (χ2n) is 11.3. The van der Waals surface area contributed by atoms with Crippen LogP contribution in [0.25, 0.3) is 0 Å². The molecule has 0 atom stereocenters. The van der Waals surface area contributed by atoms with E-state index < -0.39 is 0 Å². The Bertz CT molecular complexity index is 685. The van der Waals surface area contributed by atoms with Gasteiger partial charge in [0.2, 0.25) is 0 Å². The van der Waals surface area contributed by atoms with Crippen molar-refractivity contribution in [3.8, 4) is 0 Å². The zero-order valence-electron chi connectivity index (χ0n) is 27.8. The Morgan fingerprint density at radius 3 is 1.42 bits per heavy atom. The molecule has 6 heteroatoms. The first-order valence-electron chi connectivity index (χ1n) is 17.4. The van der Waals surface area contributed by atoms with Crippen LogP contribution in [0.5, 0.6) is 0 Å². The molecule has 248 valence electrons. The topological polar surface area (TPSA) is 76.1 Å². The fourth-order valence-corrected chi connectivity index (χ4v) is 4.56. The van der Waals surface area contributed by atoms with E-state index in [9.17, 15) is 14.7 Å². The van der Waals surface area contributed by atoms with Crippen LogP contribution in [0.4, 0.5) is 0 Å². The summed E-state index contributed by atoms with van der Waals surface area (Å²) in [4.78, 5) is 26.3. The smallest absolute Gasteiger partial charge is 0.306 e. The summed E-state index contributed by atoms with van der Waals surface area (Å²) in [6.07, 6.45) is 35.8. The third-order valence-electron chi connectivity index (χ3n) is 7.18. The van der Waals surface area contributed by atoms with Crippen molar-refractivity contribution in [2.75, 3.05) is 39.5 Å². The number of ether oxygens (including phenoxy) is 2. The number of allylic oxidation sites excluding steroid dienone is 6. The Hall–Kier alpha value is -2.18. The fourth-order valence-electron chi connectivity index (χ4n) is 4.56. The van der Waals surface area contributed by atoms with Gasteiger partial charge < -0.3 is 19.5 Å². The molecule has 0 aliphatic rings. The van der Waals surface area contributed by atoms with Crippen molar-refractivity contribution in [2.24, 2.45) is 0 Å². The summed E-state index contributed by atoms with van der Waals surface area (Å²) in [6.45, 7) is 8.13. The first-order valence-corrected chi connectivity index (χ1v) is 17.4. The van der Waals surface area contributed by atoms with Crippen LogP contribution in [0.3, 0.4) is 0 Å². The van der Waals surface area contributed by atoms with Gasteiger partial charge in [0.05, 0.1) is 0 Å². The number of aliphatic hydroxyl groups is 1. The van der Waals surface area contributed by atoms with Gasteiger partial charge in [0.1, 0.15) is 13.2 Å². The standard InChI is InChI=1S/C37H65NO5/c1-3-5-7-9-11-13-15-17-25-34-42-36(40)28-21-19-23-30-38(32-27-33-39)31-24-20-22-29-37(41)43-35-26-18-16-14-12-10-8-6-4-2/h11-14,17-18,25-26,39H,3-10,15-16,19-24,27-35H2,1-2H3/b13-11-,14-12-,25-17-,26-18-. The number of carbonyl (C=O) groups is 2. The molecule has 43 heavy (non-hydrogen) atoms. The highest BCUT2D eigenvalue weighted by atomic mass is 16.5. The SMILES string of the molecule is CCCCC/C=C\C/C=C\COC(=O)CCCCCN(CCCO)CCCCCC(=O)OC/C=C\C/C=C\CCCCC. The van der Waals surface area contributed by atoms with Gasteiger partial charge in [-0.25, -0.2) is 0 Å². The average molecular weight is 604 g/mol. The Kier molecular flexibility index (Phi) is 32.6. The van der Waals surface area contributed by atoms with Gasteiger partial charge >= 0.3 is 11.9 Å². The molecule has 0 aliphatic heterocycles. The number of esters is 2. The zero-order valence-corrected chi connectivity index (χ0v) is 27.8. The van der Waals surface area contributed by atoms with Gasteiger partial charge in [0.15, 0.2) is 0 Å². The van der Waals surface area contributed by atoms with E-state index in [1.165, 1.54) is 38.5 Å². The largest absolute Gasteiger partial charge is 0.461 e. The number of unbranched alkanes of at least 4 members (excludes halogenated alkanes) is 10. The molecule has 1 N–H and O–H groups in total. The first-order chi connectivity index (χ1) is 21.1. The molecule has 0 unspecified atom stereocenters. The molecule has 0 saturated heterocycles. The van der Waals surface area contributed by atoms with E-state index in [4.69, 9.17) is 9.47 Å². The summed E-state index contributed by atoms with van der Waals surface area (Å²) in [5.41, 5.74) is 0. The number of aliphatic hydroxyl groups excluding tert-OH is 1. The molecule has 0 aromatic rings. The molecular weight excluding hydrogens is 538 g/mol. The van der Waals surface area contributed by atoms with Gasteiger partial charge in [-0.15, -0.1) is 0 Å². The minimum Gasteiger partial charge on any atom is -0.461 e. The lowest BCUT2D eigenvalue weighted by Gasteiger charge is -2.22. The Morgan fingerprint density at radius 2 is 0.977 bits per heavy atom. The maximum Gasteiger partial charge on any atom is 0.306 e. The first kappa shape index (κ1) is 40.8. The van der Waals surface area contributed by atoms with E-state index in [2.05, 4.69) is 43.1 Å². The fraction of sp³-hybridized carbons (Fsp3) is 0.730. The molecule has 0 spiro atoms. The lowest BCUT2D eigenvalue weighted by molar-refractivity contribution is -0.143. The molecule has 0 heterocycles. The van der Waals surface area contributed by atoms with E-state index in [1.54, 1.807) is 0 Å². The molecule has 0 aliphatic carbocycles. The second-order valence-corrected chi connectivity index (χ2v) is 11.3. The summed E-state index contributed by atoms with van der Waals surface area (Å²) < 4.78 is 10.6. The lowest BCUT2D eigenvalue weighted by Crippen LogP contribution is -2.28. The van der Waals surface area contributed by atoms with E-state index in [-0.39, 0.29) is 18.5 Å². The third kappa shape index (κ3) is 32.6. The van der Waals surface area contributed by atoms with Crippen LogP contribution >= 0.6 is 0 Å². The molecule has 0 saturated carbocycles. The Labute approximate surface area is 264 Å². The molecule has 0 rings (SSSR count). The Morgan fingerprint density at radius 1 is 0.535 bits per heavy atom. The summed E-state index contributed by atoms with van der Waals surface area (Å²) >= 11 is 0. The average Bonchev–Trinajstić information content (AvgIpc) is 3.00. The lowest BCUT2D eigenvalue weighted by atomic mass is 10.1. The highest BCUT2D eigenvalue weighted by Crippen LogP contribution is 2.08. The van der Waals surface area contributed by atoms with Crippen LogP contribution in [0.1, 0.15) is 136 Å². The highest BCUT2D eigenvalue weighted by Gasteiger charge is 2.07. The summed E-state index contributed by atoms with van der Waals surface area (Å²) in [5.74, 6) is -0.256. The van der Waals surface area contributed by atoms with Gasteiger partial charge in [-0.2, -0.15) is 0 Å². The predicted octanol–water partition coefficient (Wildman–Crippen LogP) is 9.04. The molecule has 0 fully saturated rings. The van der Waals surface area contributed by atoms with Gasteiger partial charge in [0, 0.05) is 26.0 Å². The number of nitrogens with zero attached hydrogens (tertiary/aromatic N) is 1. The Balaban J connectivity index is 3.84. The summed E-state index contributed by atoms with van der Waals surface area (Å²) in [5, 5.41) is 9.25. The van der Waals surface area contributed by atoms with Crippen molar-refractivity contribution in [2.45, 2.75) is 136 Å². The van der Waals surface area contributed by atoms with Crippen molar-refractivity contribution in [3.05, 3.63) is 48.6 Å². The van der Waals surface area contributed by atoms with Crippen LogP contribution < -0.4 is 0 Å². The van der Waals surface area contributed by atoms with Crippen molar-refractivity contribution in [1.29, 1.82) is 0 Å². The highest BCUT2D eigenvalue weighted by molar-refractivity contribution is 5.69. The van der Waals surface area contributed by atoms with Crippen LogP contribution in [0, 0.1) is 0 Å². The van der Waals surface area contributed by atoms with Gasteiger partial charge in [-0.1, -0.05) is 101 Å². The second kappa shape index (κ2) is 34.3. The molecule has 0 aromatic carbocycles. The number of rotatable bonds is 31. The third-order valence-corrected chi connectivity index (χ3v) is 7.18. The quantitative estimate of drug-likeness (QED) is 0.0484. The van der Waals surface area contributed by atoms with Gasteiger partial charge in [-0.05, 0) is 83.7 Å². The van der Waals surface area contributed by atoms with Crippen molar-refractivity contribution >= 4 is 11.9 Å². The van der Waals surface area contributed by atoms with E-state index in [0.29, 0.717) is 26.1 Å². The van der Waals surface area contributed by atoms with Crippen LogP contribution in [-0.2, 0) is 19.1 Å². The predicted molar refractivity (Wildman–Crippen MR) is 181 cm³/mol. The maximum absolute atomic E-state index is 12.0. The van der Waals surface area contributed by atoms with E-state index >= 15 is 0 Å². The molecular formula is C37H65NO5. The van der Waals surface area contributed by atoms with Crippen molar-refractivity contribution in [1.82, 2.24) is 4.90 Å². The number of carbonyl (C=O) groups excluding carboxylic acids is 2. The number of hydrogen-bond acceptors (Lipinski definition) is 6. The maximum atomic E-state index is 12.0. The molecule has 0 radical (unpaired) electrons. The normalized spacial score (nSPS) is 12.1. The minimum absolute atomic E-state index is 0.128. The van der Waals surface area contributed by atoms with E-state index in [0.717, 1.165) is 90.3 Å². The summed E-state index contributed by atoms with van der Waals surface area (Å²) in [7, 11) is 0. The van der Waals surface area contributed by atoms with Gasteiger partial charge in [0.25, 0.3) is 0 Å². The minimum atomic E-state index is -0.128. The number of hydrogen-bond donors (Lipinski definition) is 1. The summed E-state index contributed by atoms with van der Waals surface area (Å²) in [6, 6.07) is 0. The molecule has 6 nitrogen and oxygen atoms in total. The molecule has 0 amide bonds. The molecule has 0 bridgehead atoms. The monoisotopic (exact) mass is 603 g/mol. The van der Waals surface area contributed by atoms with E-state index in [1.807, 2.05) is 24.3 Å².